The van der Waals surface area contributed by atoms with Gasteiger partial charge in [0.2, 0.25) is 0 Å². The highest BCUT2D eigenvalue weighted by Gasteiger charge is 2.33. The Balaban J connectivity index is 2.03. The Hall–Kier alpha value is -0.340. The molecule has 0 aromatic carbocycles. The number of rotatable bonds is 1. The van der Waals surface area contributed by atoms with Crippen molar-refractivity contribution in [2.75, 3.05) is 33.4 Å². The van der Waals surface area contributed by atoms with Crippen molar-refractivity contribution in [2.45, 2.75) is 25.3 Å². The lowest BCUT2D eigenvalue weighted by Gasteiger charge is -2.43. The van der Waals surface area contributed by atoms with Gasteiger partial charge >= 0.3 is 0 Å². The van der Waals surface area contributed by atoms with E-state index in [1.54, 1.807) is 0 Å². The molecule has 1 heterocycles. The van der Waals surface area contributed by atoms with Crippen molar-refractivity contribution in [3.05, 3.63) is 12.2 Å². The van der Waals surface area contributed by atoms with Gasteiger partial charge in [-0.05, 0) is 18.9 Å². The average Bonchev–Trinajstić information content (AvgIpc) is 2.20. The largest absolute Gasteiger partial charge is 0.370 e. The summed E-state index contributed by atoms with van der Waals surface area (Å²) in [6.45, 7) is 4.27. The molecule has 0 saturated carbocycles. The molecule has 74 valence electrons. The van der Waals surface area contributed by atoms with Gasteiger partial charge in [0.15, 0.2) is 0 Å². The van der Waals surface area contributed by atoms with Gasteiger partial charge in [-0.1, -0.05) is 6.08 Å². The highest BCUT2D eigenvalue weighted by molar-refractivity contribution is 4.94. The van der Waals surface area contributed by atoms with E-state index < -0.39 is 0 Å². The van der Waals surface area contributed by atoms with E-state index in [2.05, 4.69) is 19.2 Å². The van der Waals surface area contributed by atoms with E-state index in [-0.39, 0.29) is 0 Å². The summed E-state index contributed by atoms with van der Waals surface area (Å²) in [5, 5.41) is 0. The molecule has 0 N–H and O–H groups in total. The number of hydrogen-bond donors (Lipinski definition) is 0. The molecule has 2 heteroatoms. The molecule has 2 rings (SSSR count). The van der Waals surface area contributed by atoms with E-state index in [4.69, 9.17) is 4.74 Å². The second-order valence-electron chi connectivity index (χ2n) is 4.47. The molecule has 0 unspecified atom stereocenters. The maximum Gasteiger partial charge on any atom is 0.108 e. The van der Waals surface area contributed by atoms with E-state index in [0.717, 1.165) is 19.3 Å². The van der Waals surface area contributed by atoms with Gasteiger partial charge < -0.3 is 9.22 Å². The van der Waals surface area contributed by atoms with E-state index in [0.29, 0.717) is 0 Å². The van der Waals surface area contributed by atoms with Crippen molar-refractivity contribution in [2.24, 2.45) is 0 Å². The van der Waals surface area contributed by atoms with Crippen LogP contribution in [0.5, 0.6) is 0 Å². The number of hydrogen-bond acceptors (Lipinski definition) is 1. The van der Waals surface area contributed by atoms with E-state index in [1.807, 2.05) is 0 Å². The van der Waals surface area contributed by atoms with Gasteiger partial charge in [-0.15, -0.1) is 0 Å². The van der Waals surface area contributed by atoms with Crippen LogP contribution in [-0.2, 0) is 4.74 Å². The lowest BCUT2D eigenvalue weighted by molar-refractivity contribution is -0.934. The molecule has 0 amide bonds. The topological polar surface area (TPSA) is 9.23 Å². The van der Waals surface area contributed by atoms with E-state index in [1.165, 1.54) is 36.8 Å². The first-order valence-corrected chi connectivity index (χ1v) is 5.40. The third-order valence-corrected chi connectivity index (χ3v) is 3.52. The Labute approximate surface area is 80.8 Å². The fourth-order valence-electron chi connectivity index (χ4n) is 2.41. The third kappa shape index (κ3) is 1.94. The van der Waals surface area contributed by atoms with Gasteiger partial charge in [0.1, 0.15) is 19.1 Å². The van der Waals surface area contributed by atoms with Crippen LogP contribution in [0.15, 0.2) is 12.2 Å². The quantitative estimate of drug-likeness (QED) is 0.442. The van der Waals surface area contributed by atoms with Crippen LogP contribution in [0.2, 0.25) is 0 Å². The van der Waals surface area contributed by atoms with E-state index in [9.17, 15) is 0 Å². The van der Waals surface area contributed by atoms with Crippen LogP contribution < -0.4 is 0 Å². The van der Waals surface area contributed by atoms with Gasteiger partial charge in [0.05, 0.1) is 20.3 Å². The maximum atomic E-state index is 5.42. The van der Waals surface area contributed by atoms with Crippen molar-refractivity contribution < 1.29 is 9.22 Å². The molecule has 0 aromatic heterocycles. The molecule has 2 aliphatic rings. The SMILES string of the molecule is C[N+]1([C@@H]2C=CCCC2)CCOCC1. The maximum absolute atomic E-state index is 5.42. The molecule has 0 aromatic rings. The molecule has 0 spiro atoms. The standard InChI is InChI=1S/C11H20NO/c1-12(7-9-13-10-8-12)11-5-3-2-4-6-11/h3,5,11H,2,4,6-10H2,1H3/q+1/t11-/m1/s1. The summed E-state index contributed by atoms with van der Waals surface area (Å²) in [4.78, 5) is 0. The minimum Gasteiger partial charge on any atom is -0.370 e. The zero-order valence-electron chi connectivity index (χ0n) is 8.54. The number of allylic oxidation sites excluding steroid dienone is 1. The molecule has 1 fully saturated rings. The second kappa shape index (κ2) is 3.81. The highest BCUT2D eigenvalue weighted by Crippen LogP contribution is 2.23. The fourth-order valence-corrected chi connectivity index (χ4v) is 2.41. The zero-order valence-corrected chi connectivity index (χ0v) is 8.54. The number of ether oxygens (including phenoxy) is 1. The summed E-state index contributed by atoms with van der Waals surface area (Å²) in [6, 6.07) is 0.762. The Bertz CT molecular complexity index is 194. The first-order valence-electron chi connectivity index (χ1n) is 5.40. The van der Waals surface area contributed by atoms with Crippen LogP contribution in [0.25, 0.3) is 0 Å². The minimum absolute atomic E-state index is 0.762. The van der Waals surface area contributed by atoms with Crippen molar-refractivity contribution >= 4 is 0 Å². The molecule has 1 aliphatic heterocycles. The predicted molar refractivity (Wildman–Crippen MR) is 53.5 cm³/mol. The summed E-state index contributed by atoms with van der Waals surface area (Å²) >= 11 is 0. The summed E-state index contributed by atoms with van der Waals surface area (Å²) < 4.78 is 6.62. The lowest BCUT2D eigenvalue weighted by atomic mass is 9.99. The minimum atomic E-state index is 0.762. The van der Waals surface area contributed by atoms with Gasteiger partial charge in [0, 0.05) is 6.42 Å². The van der Waals surface area contributed by atoms with Gasteiger partial charge in [-0.2, -0.15) is 0 Å². The Kier molecular flexibility index (Phi) is 2.70. The summed E-state index contributed by atoms with van der Waals surface area (Å²) in [5.74, 6) is 0. The lowest BCUT2D eigenvalue weighted by Crippen LogP contribution is -2.57. The first kappa shape index (κ1) is 9.22. The number of nitrogens with zero attached hydrogens (tertiary/aromatic N) is 1. The molecule has 1 saturated heterocycles. The van der Waals surface area contributed by atoms with Crippen molar-refractivity contribution in [3.63, 3.8) is 0 Å². The molecule has 0 radical (unpaired) electrons. The monoisotopic (exact) mass is 182 g/mol. The number of morpholine rings is 1. The molecule has 0 bridgehead atoms. The van der Waals surface area contributed by atoms with Gasteiger partial charge in [-0.25, -0.2) is 0 Å². The second-order valence-corrected chi connectivity index (χ2v) is 4.47. The smallest absolute Gasteiger partial charge is 0.108 e. The van der Waals surface area contributed by atoms with Gasteiger partial charge in [0.25, 0.3) is 0 Å². The Morgan fingerprint density at radius 1 is 1.31 bits per heavy atom. The molecular formula is C11H20NO+. The zero-order chi connectivity index (χ0) is 9.15. The third-order valence-electron chi connectivity index (χ3n) is 3.52. The van der Waals surface area contributed by atoms with Crippen LogP contribution in [0, 0.1) is 0 Å². The van der Waals surface area contributed by atoms with Crippen LogP contribution >= 0.6 is 0 Å². The number of likely N-dealkylation sites (N-methyl/N-ethyl adjacent to an activating group) is 1. The Morgan fingerprint density at radius 2 is 2.08 bits per heavy atom. The molecule has 1 atom stereocenters. The van der Waals surface area contributed by atoms with Gasteiger partial charge in [-0.3, -0.25) is 0 Å². The van der Waals surface area contributed by atoms with Crippen LogP contribution in [0.3, 0.4) is 0 Å². The molecular weight excluding hydrogens is 162 g/mol. The summed E-state index contributed by atoms with van der Waals surface area (Å²) in [6.07, 6.45) is 8.80. The molecule has 1 aliphatic carbocycles. The molecule has 2 nitrogen and oxygen atoms in total. The normalized spacial score (nSPS) is 33.2. The molecule has 13 heavy (non-hydrogen) atoms. The van der Waals surface area contributed by atoms with Crippen LogP contribution in [-0.4, -0.2) is 43.9 Å². The Morgan fingerprint density at radius 3 is 2.69 bits per heavy atom. The highest BCUT2D eigenvalue weighted by atomic mass is 16.5. The first-order chi connectivity index (χ1) is 6.31. The fraction of sp³-hybridized carbons (Fsp3) is 0.818. The number of quaternary nitrogens is 1. The van der Waals surface area contributed by atoms with Crippen LogP contribution in [0.4, 0.5) is 0 Å². The summed E-state index contributed by atoms with van der Waals surface area (Å²) in [7, 11) is 2.38. The van der Waals surface area contributed by atoms with Crippen molar-refractivity contribution in [1.29, 1.82) is 0 Å². The van der Waals surface area contributed by atoms with Crippen molar-refractivity contribution in [1.82, 2.24) is 0 Å². The van der Waals surface area contributed by atoms with E-state index >= 15 is 0 Å². The van der Waals surface area contributed by atoms with Crippen LogP contribution in [0.1, 0.15) is 19.3 Å². The average molecular weight is 182 g/mol. The van der Waals surface area contributed by atoms with Crippen molar-refractivity contribution in [3.8, 4) is 0 Å². The summed E-state index contributed by atoms with van der Waals surface area (Å²) in [5.41, 5.74) is 0. The predicted octanol–water partition coefficient (Wildman–Crippen LogP) is 1.57.